The van der Waals surface area contributed by atoms with Gasteiger partial charge in [-0.3, -0.25) is 0 Å². The molecule has 0 amide bonds. The van der Waals surface area contributed by atoms with Crippen LogP contribution in [0, 0.1) is 10.8 Å². The van der Waals surface area contributed by atoms with Crippen LogP contribution in [-0.4, -0.2) is 26.4 Å². The van der Waals surface area contributed by atoms with Gasteiger partial charge in [-0.15, -0.1) is 0 Å². The molecular formula is C17H30O2. The third kappa shape index (κ3) is 4.19. The van der Waals surface area contributed by atoms with Crippen LogP contribution >= 0.6 is 0 Å². The van der Waals surface area contributed by atoms with Crippen LogP contribution in [0.2, 0.25) is 0 Å². The molecule has 0 spiro atoms. The predicted octanol–water partition coefficient (Wildman–Crippen LogP) is 4.37. The lowest BCUT2D eigenvalue weighted by Gasteiger charge is -2.42. The van der Waals surface area contributed by atoms with Gasteiger partial charge in [-0.2, -0.15) is 0 Å². The van der Waals surface area contributed by atoms with Gasteiger partial charge < -0.3 is 9.47 Å². The van der Waals surface area contributed by atoms with Crippen LogP contribution in [0.25, 0.3) is 0 Å². The molecule has 0 aromatic rings. The number of allylic oxidation sites excluding steroid dienone is 2. The molecule has 0 fully saturated rings. The monoisotopic (exact) mass is 266 g/mol. The maximum atomic E-state index is 5.72. The summed E-state index contributed by atoms with van der Waals surface area (Å²) < 4.78 is 11.4. The summed E-state index contributed by atoms with van der Waals surface area (Å²) in [6, 6.07) is 0. The van der Waals surface area contributed by atoms with E-state index in [2.05, 4.69) is 33.4 Å². The Morgan fingerprint density at radius 2 is 1.68 bits per heavy atom. The average molecular weight is 266 g/mol. The van der Waals surface area contributed by atoms with Crippen molar-refractivity contribution in [3.63, 3.8) is 0 Å². The number of ether oxygens (including phenoxy) is 2. The quantitative estimate of drug-likeness (QED) is 0.681. The second kappa shape index (κ2) is 6.71. The van der Waals surface area contributed by atoms with Crippen molar-refractivity contribution in [3.8, 4) is 0 Å². The van der Waals surface area contributed by atoms with E-state index in [9.17, 15) is 0 Å². The maximum Gasteiger partial charge on any atom is 0.0579 e. The lowest BCUT2D eigenvalue weighted by molar-refractivity contribution is -0.00438. The molecule has 0 aromatic heterocycles. The van der Waals surface area contributed by atoms with Crippen LogP contribution in [0.15, 0.2) is 23.8 Å². The van der Waals surface area contributed by atoms with E-state index in [0.717, 1.165) is 39.3 Å². The van der Waals surface area contributed by atoms with Crippen molar-refractivity contribution < 1.29 is 9.47 Å². The number of hydrogen-bond donors (Lipinski definition) is 0. The van der Waals surface area contributed by atoms with Gasteiger partial charge in [0.1, 0.15) is 0 Å². The summed E-state index contributed by atoms with van der Waals surface area (Å²) >= 11 is 0. The standard InChI is InChI=1S/C17H30O2/c1-7-18-12-17(13-19-8-2)10-9-16(5,6)15(11-17)14(3)4/h11H,3,7-10,12-13H2,1-2,4-6H3. The Morgan fingerprint density at radius 3 is 2.11 bits per heavy atom. The first kappa shape index (κ1) is 16.5. The van der Waals surface area contributed by atoms with E-state index >= 15 is 0 Å². The summed E-state index contributed by atoms with van der Waals surface area (Å²) in [5, 5.41) is 0. The van der Waals surface area contributed by atoms with Crippen molar-refractivity contribution in [1.29, 1.82) is 0 Å². The maximum absolute atomic E-state index is 5.72. The van der Waals surface area contributed by atoms with Crippen LogP contribution in [-0.2, 0) is 9.47 Å². The molecule has 0 unspecified atom stereocenters. The summed E-state index contributed by atoms with van der Waals surface area (Å²) in [5.74, 6) is 0. The fourth-order valence-corrected chi connectivity index (χ4v) is 2.85. The SMILES string of the molecule is C=C(C)C1=CC(COCC)(COCC)CCC1(C)C. The Labute approximate surface area is 118 Å². The Hall–Kier alpha value is -0.600. The fourth-order valence-electron chi connectivity index (χ4n) is 2.85. The molecule has 0 radical (unpaired) electrons. The molecular weight excluding hydrogens is 236 g/mol. The highest BCUT2D eigenvalue weighted by molar-refractivity contribution is 5.36. The lowest BCUT2D eigenvalue weighted by Crippen LogP contribution is -2.37. The molecule has 19 heavy (non-hydrogen) atoms. The first-order valence-electron chi connectivity index (χ1n) is 7.41. The van der Waals surface area contributed by atoms with Crippen molar-refractivity contribution in [3.05, 3.63) is 23.8 Å². The molecule has 1 rings (SSSR count). The zero-order chi connectivity index (χ0) is 14.5. The molecule has 0 N–H and O–H groups in total. The van der Waals surface area contributed by atoms with Crippen LogP contribution in [0.3, 0.4) is 0 Å². The van der Waals surface area contributed by atoms with Gasteiger partial charge in [-0.05, 0) is 44.6 Å². The second-order valence-corrected chi connectivity index (χ2v) is 6.36. The molecule has 1 aliphatic rings. The molecule has 110 valence electrons. The molecule has 0 bridgehead atoms. The van der Waals surface area contributed by atoms with Gasteiger partial charge in [0.05, 0.1) is 13.2 Å². The van der Waals surface area contributed by atoms with Gasteiger partial charge in [0.15, 0.2) is 0 Å². The molecule has 2 heteroatoms. The predicted molar refractivity (Wildman–Crippen MR) is 81.3 cm³/mol. The zero-order valence-corrected chi connectivity index (χ0v) is 13.3. The van der Waals surface area contributed by atoms with E-state index in [1.807, 2.05) is 13.8 Å². The Balaban J connectivity index is 3.02. The molecule has 0 saturated carbocycles. The zero-order valence-electron chi connectivity index (χ0n) is 13.3. The normalized spacial score (nSPS) is 21.0. The topological polar surface area (TPSA) is 18.5 Å². The van der Waals surface area contributed by atoms with E-state index in [-0.39, 0.29) is 10.8 Å². The van der Waals surface area contributed by atoms with Crippen molar-refractivity contribution in [2.45, 2.75) is 47.5 Å². The highest BCUT2D eigenvalue weighted by Gasteiger charge is 2.39. The van der Waals surface area contributed by atoms with Gasteiger partial charge in [0, 0.05) is 18.6 Å². The van der Waals surface area contributed by atoms with Crippen molar-refractivity contribution in [1.82, 2.24) is 0 Å². The molecule has 0 atom stereocenters. The van der Waals surface area contributed by atoms with Gasteiger partial charge >= 0.3 is 0 Å². The van der Waals surface area contributed by atoms with Crippen LogP contribution in [0.1, 0.15) is 47.5 Å². The Kier molecular flexibility index (Phi) is 5.82. The molecule has 0 saturated heterocycles. The van der Waals surface area contributed by atoms with Crippen LogP contribution in [0.4, 0.5) is 0 Å². The molecule has 1 aliphatic carbocycles. The molecule has 0 aliphatic heterocycles. The van der Waals surface area contributed by atoms with Crippen molar-refractivity contribution in [2.75, 3.05) is 26.4 Å². The van der Waals surface area contributed by atoms with E-state index < -0.39 is 0 Å². The van der Waals surface area contributed by atoms with E-state index in [0.29, 0.717) is 0 Å². The summed E-state index contributed by atoms with van der Waals surface area (Å²) in [6.45, 7) is 18.0. The summed E-state index contributed by atoms with van der Waals surface area (Å²) in [6.07, 6.45) is 4.66. The fraction of sp³-hybridized carbons (Fsp3) is 0.765. The summed E-state index contributed by atoms with van der Waals surface area (Å²) in [4.78, 5) is 0. The second-order valence-electron chi connectivity index (χ2n) is 6.36. The minimum atomic E-state index is 0.0236. The average Bonchev–Trinajstić information content (AvgIpc) is 2.36. The van der Waals surface area contributed by atoms with Gasteiger partial charge in [-0.25, -0.2) is 0 Å². The van der Waals surface area contributed by atoms with Crippen molar-refractivity contribution >= 4 is 0 Å². The highest BCUT2D eigenvalue weighted by Crippen LogP contribution is 2.46. The molecule has 2 nitrogen and oxygen atoms in total. The van der Waals surface area contributed by atoms with Crippen molar-refractivity contribution in [2.24, 2.45) is 10.8 Å². The van der Waals surface area contributed by atoms with Gasteiger partial charge in [-0.1, -0.05) is 32.1 Å². The largest absolute Gasteiger partial charge is 0.381 e. The van der Waals surface area contributed by atoms with E-state index in [1.165, 1.54) is 11.1 Å². The van der Waals surface area contributed by atoms with E-state index in [1.54, 1.807) is 0 Å². The first-order chi connectivity index (χ1) is 8.87. The third-order valence-electron chi connectivity index (χ3n) is 4.07. The summed E-state index contributed by atoms with van der Waals surface area (Å²) in [5.41, 5.74) is 2.78. The smallest absolute Gasteiger partial charge is 0.0579 e. The minimum absolute atomic E-state index is 0.0236. The minimum Gasteiger partial charge on any atom is -0.381 e. The Morgan fingerprint density at radius 1 is 1.16 bits per heavy atom. The lowest BCUT2D eigenvalue weighted by atomic mass is 9.65. The van der Waals surface area contributed by atoms with Crippen LogP contribution in [0.5, 0.6) is 0 Å². The van der Waals surface area contributed by atoms with Gasteiger partial charge in [0.2, 0.25) is 0 Å². The number of hydrogen-bond acceptors (Lipinski definition) is 2. The summed E-state index contributed by atoms with van der Waals surface area (Å²) in [7, 11) is 0. The number of rotatable bonds is 7. The Bertz CT molecular complexity index is 331. The van der Waals surface area contributed by atoms with Crippen LogP contribution < -0.4 is 0 Å². The highest BCUT2D eigenvalue weighted by atomic mass is 16.5. The third-order valence-corrected chi connectivity index (χ3v) is 4.07. The molecule has 0 heterocycles. The van der Waals surface area contributed by atoms with Gasteiger partial charge in [0.25, 0.3) is 0 Å². The van der Waals surface area contributed by atoms with E-state index in [4.69, 9.17) is 9.47 Å². The first-order valence-corrected chi connectivity index (χ1v) is 7.41. The molecule has 0 aromatic carbocycles.